The summed E-state index contributed by atoms with van der Waals surface area (Å²) in [6.45, 7) is 3.76. The quantitative estimate of drug-likeness (QED) is 0.662. The molecule has 0 aromatic rings. The number of carbonyl (C=O) groups is 1. The summed E-state index contributed by atoms with van der Waals surface area (Å²) < 4.78 is 5.15. The van der Waals surface area contributed by atoms with Gasteiger partial charge in [-0.2, -0.15) is 0 Å². The smallest absolute Gasteiger partial charge is 0.309 e. The highest BCUT2D eigenvalue weighted by molar-refractivity contribution is 5.72. The van der Waals surface area contributed by atoms with E-state index in [0.717, 1.165) is 25.7 Å². The van der Waals surface area contributed by atoms with E-state index in [0.29, 0.717) is 6.04 Å². The van der Waals surface area contributed by atoms with E-state index >= 15 is 0 Å². The summed E-state index contributed by atoms with van der Waals surface area (Å²) in [6.07, 6.45) is 3.71. The molecule has 0 aliphatic heterocycles. The second-order valence-electron chi connectivity index (χ2n) is 4.10. The molecule has 0 unspecified atom stereocenters. The molecule has 3 nitrogen and oxygen atoms in total. The number of hydrogen-bond donors (Lipinski definition) is 1. The lowest BCUT2D eigenvalue weighted by Gasteiger charge is -2.25. The molecule has 1 fully saturated rings. The Bertz CT molecular complexity index is 172. The molecular formula is C10H19NO2. The molecule has 2 N–H and O–H groups in total. The Labute approximate surface area is 79.6 Å². The van der Waals surface area contributed by atoms with Crippen LogP contribution in [0.4, 0.5) is 0 Å². The summed E-state index contributed by atoms with van der Waals surface area (Å²) in [4.78, 5) is 11.5. The van der Waals surface area contributed by atoms with Crippen molar-refractivity contribution in [2.75, 3.05) is 0 Å². The number of esters is 1. The van der Waals surface area contributed by atoms with Gasteiger partial charge < -0.3 is 10.5 Å². The second-order valence-corrected chi connectivity index (χ2v) is 4.10. The van der Waals surface area contributed by atoms with Crippen molar-refractivity contribution in [3.8, 4) is 0 Å². The first-order valence-corrected chi connectivity index (χ1v) is 5.05. The Morgan fingerprint density at radius 1 is 1.31 bits per heavy atom. The lowest BCUT2D eigenvalue weighted by molar-refractivity contribution is -0.153. The van der Waals surface area contributed by atoms with E-state index < -0.39 is 0 Å². The molecule has 0 aromatic heterocycles. The Hall–Kier alpha value is -0.570. The molecule has 0 aromatic carbocycles. The fraction of sp³-hybridized carbons (Fsp3) is 0.900. The summed E-state index contributed by atoms with van der Waals surface area (Å²) in [5, 5.41) is 0. The van der Waals surface area contributed by atoms with Crippen LogP contribution in [0.5, 0.6) is 0 Å². The Balaban J connectivity index is 2.31. The monoisotopic (exact) mass is 185 g/mol. The Kier molecular flexibility index (Phi) is 3.72. The van der Waals surface area contributed by atoms with Gasteiger partial charge in [0.05, 0.1) is 12.0 Å². The minimum atomic E-state index is -0.0399. The maximum absolute atomic E-state index is 11.5. The topological polar surface area (TPSA) is 52.3 Å². The minimum Gasteiger partial charge on any atom is -0.463 e. The number of ether oxygens (including phenoxy) is 1. The van der Waals surface area contributed by atoms with E-state index in [-0.39, 0.29) is 18.0 Å². The number of nitrogens with two attached hydrogens (primary N) is 1. The first-order chi connectivity index (χ1) is 6.09. The van der Waals surface area contributed by atoms with Gasteiger partial charge in [-0.05, 0) is 39.5 Å². The predicted molar refractivity (Wildman–Crippen MR) is 51.2 cm³/mol. The van der Waals surface area contributed by atoms with Gasteiger partial charge in [0, 0.05) is 6.04 Å². The Morgan fingerprint density at radius 3 is 2.31 bits per heavy atom. The summed E-state index contributed by atoms with van der Waals surface area (Å²) >= 11 is 0. The molecule has 0 bridgehead atoms. The van der Waals surface area contributed by atoms with E-state index in [4.69, 9.17) is 10.5 Å². The van der Waals surface area contributed by atoms with Crippen LogP contribution in [0.15, 0.2) is 0 Å². The molecule has 0 spiro atoms. The van der Waals surface area contributed by atoms with Gasteiger partial charge in [0.15, 0.2) is 0 Å². The number of rotatable bonds is 2. The third-order valence-corrected chi connectivity index (χ3v) is 2.46. The fourth-order valence-electron chi connectivity index (χ4n) is 1.68. The zero-order valence-electron chi connectivity index (χ0n) is 8.45. The van der Waals surface area contributed by atoms with Crippen molar-refractivity contribution in [1.82, 2.24) is 0 Å². The van der Waals surface area contributed by atoms with Gasteiger partial charge in [-0.1, -0.05) is 0 Å². The molecule has 1 rings (SSSR count). The van der Waals surface area contributed by atoms with Gasteiger partial charge in [-0.15, -0.1) is 0 Å². The van der Waals surface area contributed by atoms with Crippen LogP contribution in [0, 0.1) is 5.92 Å². The van der Waals surface area contributed by atoms with Gasteiger partial charge in [0.25, 0.3) is 0 Å². The molecule has 0 radical (unpaired) electrons. The lowest BCUT2D eigenvalue weighted by atomic mass is 9.86. The van der Waals surface area contributed by atoms with Gasteiger partial charge in [-0.3, -0.25) is 4.79 Å². The van der Waals surface area contributed by atoms with Crippen molar-refractivity contribution < 1.29 is 9.53 Å². The van der Waals surface area contributed by atoms with Crippen LogP contribution in [-0.2, 0) is 9.53 Å². The van der Waals surface area contributed by atoms with E-state index in [1.54, 1.807) is 0 Å². The summed E-state index contributed by atoms with van der Waals surface area (Å²) in [5.74, 6) is 0.0594. The summed E-state index contributed by atoms with van der Waals surface area (Å²) in [6, 6.07) is 0.295. The standard InChI is InChI=1S/C10H19NO2/c1-7(2)13-10(12)8-3-5-9(11)6-4-8/h7-9H,3-6,11H2,1-2H3/t8-,9-. The average Bonchev–Trinajstić information content (AvgIpc) is 2.04. The third kappa shape index (κ3) is 3.35. The first kappa shape index (κ1) is 10.5. The first-order valence-electron chi connectivity index (χ1n) is 5.05. The second kappa shape index (κ2) is 4.61. The zero-order valence-corrected chi connectivity index (χ0v) is 8.45. The van der Waals surface area contributed by atoms with Crippen molar-refractivity contribution in [3.63, 3.8) is 0 Å². The number of hydrogen-bond acceptors (Lipinski definition) is 3. The maximum Gasteiger partial charge on any atom is 0.309 e. The molecule has 1 aliphatic carbocycles. The highest BCUT2D eigenvalue weighted by Gasteiger charge is 2.26. The van der Waals surface area contributed by atoms with E-state index in [1.807, 2.05) is 13.8 Å². The van der Waals surface area contributed by atoms with Crippen molar-refractivity contribution >= 4 is 5.97 Å². The van der Waals surface area contributed by atoms with Crippen molar-refractivity contribution in [1.29, 1.82) is 0 Å². The van der Waals surface area contributed by atoms with Crippen LogP contribution in [0.3, 0.4) is 0 Å². The summed E-state index contributed by atoms with van der Waals surface area (Å²) in [7, 11) is 0. The molecular weight excluding hydrogens is 166 g/mol. The lowest BCUT2D eigenvalue weighted by Crippen LogP contribution is -2.31. The molecule has 76 valence electrons. The predicted octanol–water partition coefficient (Wildman–Crippen LogP) is 1.46. The fourth-order valence-corrected chi connectivity index (χ4v) is 1.68. The van der Waals surface area contributed by atoms with Gasteiger partial charge >= 0.3 is 5.97 Å². The van der Waals surface area contributed by atoms with Crippen LogP contribution < -0.4 is 5.73 Å². The van der Waals surface area contributed by atoms with Crippen molar-refractivity contribution in [2.45, 2.75) is 51.7 Å². The maximum atomic E-state index is 11.5. The normalized spacial score (nSPS) is 28.9. The van der Waals surface area contributed by atoms with Gasteiger partial charge in [-0.25, -0.2) is 0 Å². The largest absolute Gasteiger partial charge is 0.463 e. The highest BCUT2D eigenvalue weighted by Crippen LogP contribution is 2.24. The Morgan fingerprint density at radius 2 is 1.85 bits per heavy atom. The minimum absolute atomic E-state index is 0.00287. The summed E-state index contributed by atoms with van der Waals surface area (Å²) in [5.41, 5.74) is 5.75. The van der Waals surface area contributed by atoms with Crippen LogP contribution in [0.25, 0.3) is 0 Å². The van der Waals surface area contributed by atoms with Gasteiger partial charge in [0.1, 0.15) is 0 Å². The van der Waals surface area contributed by atoms with Gasteiger partial charge in [0.2, 0.25) is 0 Å². The molecule has 13 heavy (non-hydrogen) atoms. The zero-order chi connectivity index (χ0) is 9.84. The van der Waals surface area contributed by atoms with Crippen LogP contribution in [-0.4, -0.2) is 18.1 Å². The third-order valence-electron chi connectivity index (χ3n) is 2.46. The van der Waals surface area contributed by atoms with Crippen molar-refractivity contribution in [2.24, 2.45) is 11.7 Å². The van der Waals surface area contributed by atoms with E-state index in [1.165, 1.54) is 0 Å². The molecule has 0 atom stereocenters. The molecule has 1 saturated carbocycles. The van der Waals surface area contributed by atoms with Crippen molar-refractivity contribution in [3.05, 3.63) is 0 Å². The molecule has 0 amide bonds. The van der Waals surface area contributed by atoms with E-state index in [9.17, 15) is 4.79 Å². The van der Waals surface area contributed by atoms with Crippen LogP contribution in [0.2, 0.25) is 0 Å². The SMILES string of the molecule is CC(C)OC(=O)[C@H]1CC[C@H](N)CC1. The molecule has 0 saturated heterocycles. The molecule has 3 heteroatoms. The molecule has 1 aliphatic rings. The average molecular weight is 185 g/mol. The number of carbonyl (C=O) groups excluding carboxylic acids is 1. The van der Waals surface area contributed by atoms with E-state index in [2.05, 4.69) is 0 Å². The highest BCUT2D eigenvalue weighted by atomic mass is 16.5. The molecule has 0 heterocycles. The van der Waals surface area contributed by atoms with Crippen LogP contribution >= 0.6 is 0 Å². The van der Waals surface area contributed by atoms with Crippen LogP contribution in [0.1, 0.15) is 39.5 Å².